The molecule has 1 aromatic heterocycles. The zero-order chi connectivity index (χ0) is 15.5. The Balaban J connectivity index is 1.94. The van der Waals surface area contributed by atoms with Gasteiger partial charge in [-0.25, -0.2) is 4.79 Å². The second kappa shape index (κ2) is 6.01. The van der Waals surface area contributed by atoms with Crippen molar-refractivity contribution in [3.05, 3.63) is 53.4 Å². The van der Waals surface area contributed by atoms with Gasteiger partial charge in [-0.05, 0) is 18.1 Å². The summed E-state index contributed by atoms with van der Waals surface area (Å²) >= 11 is 0. The van der Waals surface area contributed by atoms with Crippen LogP contribution >= 0.6 is 0 Å². The van der Waals surface area contributed by atoms with Crippen molar-refractivity contribution in [3.63, 3.8) is 0 Å². The van der Waals surface area contributed by atoms with Crippen LogP contribution in [0.5, 0.6) is 0 Å². The number of hydrogen-bond donors (Lipinski definition) is 0. The van der Waals surface area contributed by atoms with Gasteiger partial charge in [-0.2, -0.15) is 0 Å². The van der Waals surface area contributed by atoms with Crippen molar-refractivity contribution in [2.45, 2.75) is 25.9 Å². The van der Waals surface area contributed by atoms with Crippen LogP contribution in [0, 0.1) is 0 Å². The number of ether oxygens (including phenoxy) is 1. The SMILES string of the molecule is CCOC(=O)C1Cc2ccccc2CN1C(=O)c1ccno1. The first kappa shape index (κ1) is 14.3. The Kier molecular flexibility index (Phi) is 3.91. The number of nitrogens with zero attached hydrogens (tertiary/aromatic N) is 2. The standard InChI is InChI=1S/C16H16N2O4/c1-2-21-16(20)13-9-11-5-3-4-6-12(11)10-18(13)15(19)14-7-8-17-22-14/h3-8,13H,2,9-10H2,1H3. The Morgan fingerprint density at radius 2 is 2.09 bits per heavy atom. The smallest absolute Gasteiger partial charge is 0.329 e. The minimum atomic E-state index is -0.646. The molecule has 0 bridgehead atoms. The van der Waals surface area contributed by atoms with E-state index < -0.39 is 12.0 Å². The molecule has 1 atom stereocenters. The summed E-state index contributed by atoms with van der Waals surface area (Å²) in [6.45, 7) is 2.37. The lowest BCUT2D eigenvalue weighted by Crippen LogP contribution is -2.49. The van der Waals surface area contributed by atoms with E-state index in [1.54, 1.807) is 6.92 Å². The van der Waals surface area contributed by atoms with Crippen molar-refractivity contribution in [1.29, 1.82) is 0 Å². The second-order valence-electron chi connectivity index (χ2n) is 5.05. The summed E-state index contributed by atoms with van der Waals surface area (Å²) in [5.74, 6) is -0.636. The largest absolute Gasteiger partial charge is 0.464 e. The summed E-state index contributed by atoms with van der Waals surface area (Å²) in [4.78, 5) is 26.3. The van der Waals surface area contributed by atoms with Crippen LogP contribution in [0.25, 0.3) is 0 Å². The third kappa shape index (κ3) is 2.59. The van der Waals surface area contributed by atoms with Crippen molar-refractivity contribution in [2.75, 3.05) is 6.61 Å². The van der Waals surface area contributed by atoms with Gasteiger partial charge in [0.1, 0.15) is 6.04 Å². The van der Waals surface area contributed by atoms with E-state index >= 15 is 0 Å². The molecular weight excluding hydrogens is 284 g/mol. The zero-order valence-corrected chi connectivity index (χ0v) is 12.2. The van der Waals surface area contributed by atoms with Crippen molar-refractivity contribution in [3.8, 4) is 0 Å². The molecular formula is C16H16N2O4. The van der Waals surface area contributed by atoms with Crippen LogP contribution in [0.3, 0.4) is 0 Å². The Bertz CT molecular complexity index is 681. The van der Waals surface area contributed by atoms with Gasteiger partial charge >= 0.3 is 5.97 Å². The number of rotatable bonds is 3. The average Bonchev–Trinajstić information content (AvgIpc) is 3.07. The Hall–Kier alpha value is -2.63. The predicted molar refractivity (Wildman–Crippen MR) is 76.9 cm³/mol. The molecule has 3 rings (SSSR count). The maximum absolute atomic E-state index is 12.6. The molecule has 1 amide bonds. The Labute approximate surface area is 127 Å². The first-order chi connectivity index (χ1) is 10.7. The third-order valence-corrected chi connectivity index (χ3v) is 3.72. The molecule has 0 saturated heterocycles. The monoisotopic (exact) mass is 300 g/mol. The first-order valence-electron chi connectivity index (χ1n) is 7.15. The highest BCUT2D eigenvalue weighted by atomic mass is 16.5. The molecule has 22 heavy (non-hydrogen) atoms. The van der Waals surface area contributed by atoms with Crippen molar-refractivity contribution >= 4 is 11.9 Å². The predicted octanol–water partition coefficient (Wildman–Crippen LogP) is 1.80. The molecule has 1 unspecified atom stereocenters. The summed E-state index contributed by atoms with van der Waals surface area (Å²) in [5, 5.41) is 3.55. The number of hydrogen-bond acceptors (Lipinski definition) is 5. The summed E-state index contributed by atoms with van der Waals surface area (Å²) in [5.41, 5.74) is 2.08. The first-order valence-corrected chi connectivity index (χ1v) is 7.15. The molecule has 2 heterocycles. The van der Waals surface area contributed by atoms with Crippen LogP contribution < -0.4 is 0 Å². The number of fused-ring (bicyclic) bond motifs is 1. The van der Waals surface area contributed by atoms with Gasteiger partial charge in [0.2, 0.25) is 5.76 Å². The van der Waals surface area contributed by atoms with Crippen LogP contribution in [-0.4, -0.2) is 34.6 Å². The van der Waals surface area contributed by atoms with Crippen LogP contribution in [0.4, 0.5) is 0 Å². The van der Waals surface area contributed by atoms with Gasteiger partial charge < -0.3 is 14.2 Å². The molecule has 0 spiro atoms. The summed E-state index contributed by atoms with van der Waals surface area (Å²) < 4.78 is 10.0. The molecule has 1 aliphatic rings. The van der Waals surface area contributed by atoms with Gasteiger partial charge in [0.15, 0.2) is 0 Å². The van der Waals surface area contributed by atoms with Crippen molar-refractivity contribution in [2.24, 2.45) is 0 Å². The fraction of sp³-hybridized carbons (Fsp3) is 0.312. The highest BCUT2D eigenvalue weighted by Crippen LogP contribution is 2.25. The van der Waals surface area contributed by atoms with E-state index in [1.165, 1.54) is 17.2 Å². The van der Waals surface area contributed by atoms with E-state index in [1.807, 2.05) is 24.3 Å². The normalized spacial score (nSPS) is 17.0. The van der Waals surface area contributed by atoms with Gasteiger partial charge in [-0.15, -0.1) is 0 Å². The van der Waals surface area contributed by atoms with Crippen LogP contribution in [0.1, 0.15) is 28.6 Å². The molecule has 0 saturated carbocycles. The summed E-state index contributed by atoms with van der Waals surface area (Å²) in [7, 11) is 0. The third-order valence-electron chi connectivity index (χ3n) is 3.72. The molecule has 6 heteroatoms. The van der Waals surface area contributed by atoms with E-state index in [-0.39, 0.29) is 18.3 Å². The van der Waals surface area contributed by atoms with E-state index in [2.05, 4.69) is 5.16 Å². The Morgan fingerprint density at radius 3 is 2.77 bits per heavy atom. The molecule has 1 aromatic carbocycles. The lowest BCUT2D eigenvalue weighted by atomic mass is 9.93. The molecule has 114 valence electrons. The highest BCUT2D eigenvalue weighted by molar-refractivity contribution is 5.94. The van der Waals surface area contributed by atoms with E-state index in [0.29, 0.717) is 13.0 Å². The van der Waals surface area contributed by atoms with E-state index in [0.717, 1.165) is 11.1 Å². The number of carbonyl (C=O) groups excluding carboxylic acids is 2. The summed E-state index contributed by atoms with van der Waals surface area (Å²) in [6.07, 6.45) is 1.85. The lowest BCUT2D eigenvalue weighted by Gasteiger charge is -2.34. The minimum absolute atomic E-state index is 0.119. The molecule has 0 fully saturated rings. The minimum Gasteiger partial charge on any atom is -0.464 e. The molecule has 0 N–H and O–H groups in total. The van der Waals surface area contributed by atoms with Crippen molar-refractivity contribution in [1.82, 2.24) is 10.1 Å². The average molecular weight is 300 g/mol. The van der Waals surface area contributed by atoms with Crippen LogP contribution in [0.2, 0.25) is 0 Å². The number of carbonyl (C=O) groups is 2. The second-order valence-corrected chi connectivity index (χ2v) is 5.05. The van der Waals surface area contributed by atoms with Gasteiger partial charge in [0.05, 0.1) is 12.8 Å². The molecule has 1 aliphatic heterocycles. The summed E-state index contributed by atoms with van der Waals surface area (Å²) in [6, 6.07) is 8.61. The van der Waals surface area contributed by atoms with Crippen LogP contribution in [0.15, 0.2) is 41.1 Å². The van der Waals surface area contributed by atoms with Gasteiger partial charge in [0.25, 0.3) is 5.91 Å². The van der Waals surface area contributed by atoms with Crippen LogP contribution in [-0.2, 0) is 22.5 Å². The van der Waals surface area contributed by atoms with Gasteiger partial charge in [0, 0.05) is 19.0 Å². The molecule has 6 nitrogen and oxygen atoms in total. The van der Waals surface area contributed by atoms with Gasteiger partial charge in [-0.3, -0.25) is 4.79 Å². The fourth-order valence-corrected chi connectivity index (χ4v) is 2.65. The van der Waals surface area contributed by atoms with Crippen molar-refractivity contribution < 1.29 is 18.8 Å². The lowest BCUT2D eigenvalue weighted by molar-refractivity contribution is -0.149. The Morgan fingerprint density at radius 1 is 1.32 bits per heavy atom. The highest BCUT2D eigenvalue weighted by Gasteiger charge is 2.37. The number of benzene rings is 1. The maximum atomic E-state index is 12.6. The van der Waals surface area contributed by atoms with Gasteiger partial charge in [-0.1, -0.05) is 29.4 Å². The molecule has 2 aromatic rings. The number of esters is 1. The molecule has 0 radical (unpaired) electrons. The van der Waals surface area contributed by atoms with E-state index in [4.69, 9.17) is 9.26 Å². The number of aromatic nitrogens is 1. The zero-order valence-electron chi connectivity index (χ0n) is 12.2. The topological polar surface area (TPSA) is 72.6 Å². The maximum Gasteiger partial charge on any atom is 0.329 e. The quantitative estimate of drug-likeness (QED) is 0.808. The van der Waals surface area contributed by atoms with E-state index in [9.17, 15) is 9.59 Å². The molecule has 0 aliphatic carbocycles. The fourth-order valence-electron chi connectivity index (χ4n) is 2.65. The number of amides is 1.